The highest BCUT2D eigenvalue weighted by Gasteiger charge is 2.25. The molecule has 0 unspecified atom stereocenters. The van der Waals surface area contributed by atoms with E-state index in [4.69, 9.17) is 11.5 Å². The van der Waals surface area contributed by atoms with Crippen LogP contribution in [-0.4, -0.2) is 38.2 Å². The minimum absolute atomic E-state index is 0.207. The SMILES string of the molecule is Nc1ccc([N+](=O)[O-])cc1S(=O)(=O)CCCS(=O)(=O)c1cc([N+](=O)[O-])ccc1N. The van der Waals surface area contributed by atoms with Crippen molar-refractivity contribution in [3.63, 3.8) is 0 Å². The monoisotopic (exact) mass is 444 g/mol. The fourth-order valence-corrected chi connectivity index (χ4v) is 5.60. The molecule has 0 saturated heterocycles. The number of nitrogen functional groups attached to an aromatic ring is 2. The third-order valence-electron chi connectivity index (χ3n) is 3.91. The zero-order valence-electron chi connectivity index (χ0n) is 14.7. The fourth-order valence-electron chi connectivity index (χ4n) is 2.47. The van der Waals surface area contributed by atoms with Crippen LogP contribution < -0.4 is 11.5 Å². The Bertz CT molecular complexity index is 1100. The van der Waals surface area contributed by atoms with Gasteiger partial charge in [0, 0.05) is 24.3 Å². The lowest BCUT2D eigenvalue weighted by molar-refractivity contribution is -0.385. The average molecular weight is 444 g/mol. The molecule has 0 amide bonds. The Labute approximate surface area is 165 Å². The number of nitro benzene ring substituents is 2. The van der Waals surface area contributed by atoms with E-state index in [-0.39, 0.29) is 17.8 Å². The minimum atomic E-state index is -4.12. The van der Waals surface area contributed by atoms with Gasteiger partial charge in [-0.3, -0.25) is 20.2 Å². The van der Waals surface area contributed by atoms with Crippen molar-refractivity contribution in [2.24, 2.45) is 0 Å². The van der Waals surface area contributed by atoms with Crippen molar-refractivity contribution in [1.82, 2.24) is 0 Å². The van der Waals surface area contributed by atoms with Gasteiger partial charge in [-0.15, -0.1) is 0 Å². The van der Waals surface area contributed by atoms with Gasteiger partial charge in [0.05, 0.1) is 42.5 Å². The second-order valence-electron chi connectivity index (χ2n) is 5.95. The molecular formula is C15H16N4O8S2. The number of non-ortho nitro benzene ring substituents is 2. The summed E-state index contributed by atoms with van der Waals surface area (Å²) in [7, 11) is -8.23. The molecule has 0 fully saturated rings. The molecule has 0 radical (unpaired) electrons. The van der Waals surface area contributed by atoms with Gasteiger partial charge in [0.25, 0.3) is 11.4 Å². The molecule has 0 spiro atoms. The van der Waals surface area contributed by atoms with Gasteiger partial charge in [0.15, 0.2) is 19.7 Å². The molecule has 0 aromatic heterocycles. The maximum Gasteiger partial charge on any atom is 0.270 e. The van der Waals surface area contributed by atoms with Crippen LogP contribution >= 0.6 is 0 Å². The Hall–Kier alpha value is -3.26. The molecule has 14 heteroatoms. The van der Waals surface area contributed by atoms with Gasteiger partial charge in [-0.1, -0.05) is 0 Å². The second kappa shape index (κ2) is 8.00. The Kier molecular flexibility index (Phi) is 6.08. The van der Waals surface area contributed by atoms with Gasteiger partial charge in [0.2, 0.25) is 0 Å². The summed E-state index contributed by atoms with van der Waals surface area (Å²) in [6.07, 6.45) is -0.380. The van der Waals surface area contributed by atoms with E-state index >= 15 is 0 Å². The van der Waals surface area contributed by atoms with Crippen LogP contribution in [0.2, 0.25) is 0 Å². The maximum atomic E-state index is 12.4. The summed E-state index contributed by atoms with van der Waals surface area (Å²) in [6.45, 7) is 0. The lowest BCUT2D eigenvalue weighted by Crippen LogP contribution is -2.15. The molecule has 2 aromatic carbocycles. The summed E-state index contributed by atoms with van der Waals surface area (Å²) in [6, 6.07) is 5.85. The van der Waals surface area contributed by atoms with Crippen LogP contribution in [0.15, 0.2) is 46.2 Å². The summed E-state index contributed by atoms with van der Waals surface area (Å²) in [5.41, 5.74) is 9.81. The van der Waals surface area contributed by atoms with Crippen LogP contribution in [0.5, 0.6) is 0 Å². The number of hydrogen-bond donors (Lipinski definition) is 2. The van der Waals surface area contributed by atoms with Crippen molar-refractivity contribution >= 4 is 42.4 Å². The fraction of sp³-hybridized carbons (Fsp3) is 0.200. The smallest absolute Gasteiger partial charge is 0.270 e. The predicted octanol–water partition coefficient (Wildman–Crippen LogP) is 1.31. The molecule has 0 heterocycles. The van der Waals surface area contributed by atoms with Crippen molar-refractivity contribution in [3.05, 3.63) is 56.6 Å². The first-order chi connectivity index (χ1) is 13.3. The Morgan fingerprint density at radius 3 is 1.38 bits per heavy atom. The number of nitrogens with two attached hydrogens (primary N) is 2. The molecule has 2 aromatic rings. The molecule has 0 aliphatic carbocycles. The van der Waals surface area contributed by atoms with E-state index in [1.165, 1.54) is 0 Å². The molecular weight excluding hydrogens is 428 g/mol. The Morgan fingerprint density at radius 2 is 1.07 bits per heavy atom. The molecule has 2 rings (SSSR count). The summed E-state index contributed by atoms with van der Waals surface area (Å²) in [4.78, 5) is 19.2. The van der Waals surface area contributed by atoms with E-state index in [0.717, 1.165) is 36.4 Å². The molecule has 0 bridgehead atoms. The van der Waals surface area contributed by atoms with Crippen molar-refractivity contribution < 1.29 is 26.7 Å². The quantitative estimate of drug-likeness (QED) is 0.339. The molecule has 12 nitrogen and oxygen atoms in total. The number of nitro groups is 2. The molecule has 0 aliphatic rings. The lowest BCUT2D eigenvalue weighted by atomic mass is 10.3. The minimum Gasteiger partial charge on any atom is -0.398 e. The second-order valence-corrected chi connectivity index (χ2v) is 10.1. The average Bonchev–Trinajstić information content (AvgIpc) is 2.61. The van der Waals surface area contributed by atoms with Crippen molar-refractivity contribution in [3.8, 4) is 0 Å². The van der Waals surface area contributed by atoms with Crippen LogP contribution in [0.4, 0.5) is 22.7 Å². The third kappa shape index (κ3) is 4.97. The number of anilines is 2. The van der Waals surface area contributed by atoms with Gasteiger partial charge in [-0.05, 0) is 18.6 Å². The lowest BCUT2D eigenvalue weighted by Gasteiger charge is -2.09. The zero-order valence-corrected chi connectivity index (χ0v) is 16.4. The number of nitrogens with zero attached hydrogens (tertiary/aromatic N) is 2. The van der Waals surface area contributed by atoms with Crippen molar-refractivity contribution in [2.75, 3.05) is 23.0 Å². The normalized spacial score (nSPS) is 11.9. The Balaban J connectivity index is 2.23. The molecule has 4 N–H and O–H groups in total. The topological polar surface area (TPSA) is 207 Å². The molecule has 0 saturated carbocycles. The van der Waals surface area contributed by atoms with Gasteiger partial charge >= 0.3 is 0 Å². The summed E-state index contributed by atoms with van der Waals surface area (Å²) >= 11 is 0. The first-order valence-electron chi connectivity index (χ1n) is 7.88. The van der Waals surface area contributed by atoms with Gasteiger partial charge in [-0.25, -0.2) is 16.8 Å². The standard InChI is InChI=1S/C15H16N4O8S2/c16-12-4-2-10(18(20)21)8-14(12)28(24,25)6-1-7-29(26,27)15-9-11(19(22)23)3-5-13(15)17/h2-5,8-9H,1,6-7,16-17H2. The maximum absolute atomic E-state index is 12.4. The molecule has 29 heavy (non-hydrogen) atoms. The number of sulfone groups is 2. The highest BCUT2D eigenvalue weighted by atomic mass is 32.2. The first kappa shape index (κ1) is 22.0. The van der Waals surface area contributed by atoms with Crippen LogP contribution in [0.25, 0.3) is 0 Å². The van der Waals surface area contributed by atoms with E-state index < -0.39 is 62.2 Å². The van der Waals surface area contributed by atoms with Crippen molar-refractivity contribution in [1.29, 1.82) is 0 Å². The predicted molar refractivity (Wildman–Crippen MR) is 104 cm³/mol. The van der Waals surface area contributed by atoms with E-state index in [9.17, 15) is 37.1 Å². The van der Waals surface area contributed by atoms with Crippen LogP contribution in [-0.2, 0) is 19.7 Å². The largest absolute Gasteiger partial charge is 0.398 e. The molecule has 0 atom stereocenters. The summed E-state index contributed by atoms with van der Waals surface area (Å²) in [5.74, 6) is -1.32. The molecule has 156 valence electrons. The number of hydrogen-bond acceptors (Lipinski definition) is 10. The summed E-state index contributed by atoms with van der Waals surface area (Å²) < 4.78 is 49.8. The van der Waals surface area contributed by atoms with Gasteiger partial charge in [0.1, 0.15) is 0 Å². The molecule has 0 aliphatic heterocycles. The Morgan fingerprint density at radius 1 is 0.724 bits per heavy atom. The van der Waals surface area contributed by atoms with Gasteiger partial charge in [-0.2, -0.15) is 0 Å². The van der Waals surface area contributed by atoms with E-state index in [1.54, 1.807) is 0 Å². The van der Waals surface area contributed by atoms with E-state index in [2.05, 4.69) is 0 Å². The third-order valence-corrected chi connectivity index (χ3v) is 7.61. The van der Waals surface area contributed by atoms with E-state index in [1.807, 2.05) is 0 Å². The summed E-state index contributed by atoms with van der Waals surface area (Å²) in [5, 5.41) is 21.7. The number of rotatable bonds is 8. The first-order valence-corrected chi connectivity index (χ1v) is 11.2. The van der Waals surface area contributed by atoms with Crippen LogP contribution in [0.3, 0.4) is 0 Å². The highest BCUT2D eigenvalue weighted by Crippen LogP contribution is 2.27. The van der Waals surface area contributed by atoms with Crippen LogP contribution in [0, 0.1) is 20.2 Å². The van der Waals surface area contributed by atoms with E-state index in [0.29, 0.717) is 0 Å². The highest BCUT2D eigenvalue weighted by molar-refractivity contribution is 7.92. The van der Waals surface area contributed by atoms with Crippen LogP contribution in [0.1, 0.15) is 6.42 Å². The van der Waals surface area contributed by atoms with Crippen molar-refractivity contribution in [2.45, 2.75) is 16.2 Å². The zero-order chi connectivity index (χ0) is 22.0. The number of benzene rings is 2. The van der Waals surface area contributed by atoms with Gasteiger partial charge < -0.3 is 11.5 Å².